The van der Waals surface area contributed by atoms with E-state index in [4.69, 9.17) is 10.5 Å². The molecule has 12 heteroatoms. The quantitative estimate of drug-likeness (QED) is 0.165. The number of anilines is 2. The van der Waals surface area contributed by atoms with Gasteiger partial charge in [-0.2, -0.15) is 0 Å². The first-order valence-electron chi connectivity index (χ1n) is 19.4. The Morgan fingerprint density at radius 3 is 2.33 bits per heavy atom. The van der Waals surface area contributed by atoms with Crippen molar-refractivity contribution in [1.82, 2.24) is 24.7 Å². The van der Waals surface area contributed by atoms with E-state index in [1.807, 2.05) is 60.4 Å². The lowest BCUT2D eigenvalue weighted by Gasteiger charge is -2.28. The molecule has 57 heavy (non-hydrogen) atoms. The second-order valence-corrected chi connectivity index (χ2v) is 15.3. The zero-order valence-corrected chi connectivity index (χ0v) is 31.8. The first-order chi connectivity index (χ1) is 27.8. The summed E-state index contributed by atoms with van der Waals surface area (Å²) in [6.45, 7) is 7.15. The second kappa shape index (κ2) is 16.4. The lowest BCUT2D eigenvalue weighted by Crippen LogP contribution is -2.31. The minimum absolute atomic E-state index is 0.0861. The third kappa shape index (κ3) is 8.44. The molecule has 0 spiro atoms. The minimum atomic E-state index is -0.604. The Hall–Kier alpha value is -6.32. The average Bonchev–Trinajstić information content (AvgIpc) is 3.97. The monoisotopic (exact) mass is 765 g/mol. The summed E-state index contributed by atoms with van der Waals surface area (Å²) in [5, 5.41) is 2.77. The lowest BCUT2D eigenvalue weighted by molar-refractivity contribution is -0.112. The van der Waals surface area contributed by atoms with E-state index in [9.17, 15) is 14.4 Å². The van der Waals surface area contributed by atoms with E-state index in [-0.39, 0.29) is 28.2 Å². The number of nitrogens with two attached hydrogens (primary N) is 1. The van der Waals surface area contributed by atoms with E-state index in [0.717, 1.165) is 80.8 Å². The number of allylic oxidation sites excluding steroid dienone is 1. The maximum absolute atomic E-state index is 15.9. The van der Waals surface area contributed by atoms with Crippen molar-refractivity contribution in [3.8, 4) is 22.3 Å². The molecule has 11 nitrogen and oxygen atoms in total. The molecule has 2 aromatic carbocycles. The van der Waals surface area contributed by atoms with Crippen LogP contribution >= 0.6 is 0 Å². The van der Waals surface area contributed by atoms with Crippen LogP contribution in [-0.4, -0.2) is 81.9 Å². The van der Waals surface area contributed by atoms with Crippen molar-refractivity contribution in [3.05, 3.63) is 125 Å². The number of aryl methyl sites for hydroxylation is 1. The van der Waals surface area contributed by atoms with Crippen molar-refractivity contribution in [1.29, 1.82) is 0 Å². The van der Waals surface area contributed by atoms with Gasteiger partial charge in [0.15, 0.2) is 11.8 Å². The maximum Gasteiger partial charge on any atom is 0.258 e. The van der Waals surface area contributed by atoms with Gasteiger partial charge in [-0.15, -0.1) is 0 Å². The summed E-state index contributed by atoms with van der Waals surface area (Å²) >= 11 is 0. The Morgan fingerprint density at radius 2 is 1.63 bits per heavy atom. The van der Waals surface area contributed by atoms with E-state index in [0.29, 0.717) is 47.6 Å². The largest absolute Gasteiger partial charge is 0.383 e. The Labute approximate surface area is 331 Å². The number of ether oxygens (including phenoxy) is 1. The van der Waals surface area contributed by atoms with Crippen LogP contribution in [0, 0.1) is 24.6 Å². The zero-order valence-electron chi connectivity index (χ0n) is 31.8. The Kier molecular flexibility index (Phi) is 10.8. The standard InChI is InChI=1S/C45H44FN7O4/c1-29-2-11-42(48-20-29)38-25-51(22-30-3-4-30)26-39(40(38)27-54)45(56)50-35-9-10-36(41(46)19-35)37-18-34(21-49-44(37)47)33-7-5-31(6-8-33)23-52-14-15-53(43(52)28-55)24-32-12-16-57-17-13-32/h2,5-11,18-21,25-26,30,32H,3-4,12-17,22-24H2,1H3,(H2,47,49)(H,50,56). The molecule has 2 saturated heterocycles. The fraction of sp³-hybridized carbons (Fsp3) is 0.311. The molecular weight excluding hydrogens is 722 g/mol. The van der Waals surface area contributed by atoms with E-state index in [1.54, 1.807) is 36.8 Å². The zero-order chi connectivity index (χ0) is 39.5. The average molecular weight is 766 g/mol. The van der Waals surface area contributed by atoms with E-state index < -0.39 is 11.7 Å². The minimum Gasteiger partial charge on any atom is -0.383 e. The molecule has 0 bridgehead atoms. The Balaban J connectivity index is 0.958. The van der Waals surface area contributed by atoms with Crippen molar-refractivity contribution in [2.45, 2.75) is 39.2 Å². The number of carbonyl (C=O) groups excluding carboxylic acids is 3. The topological polar surface area (TPSA) is 134 Å². The molecule has 0 atom stereocenters. The van der Waals surface area contributed by atoms with Gasteiger partial charge in [-0.1, -0.05) is 30.3 Å². The number of benzene rings is 2. The SMILES string of the molecule is Cc1ccc(C2=CN(CC3CC3)C=C(C(=O)Nc3ccc(-c4cc(-c5ccc(CN6CCN(CC7CCOCC7)C6=C=O)cc5)cnc4N)c(F)c3)C2=C=O)nc1. The third-order valence-corrected chi connectivity index (χ3v) is 11.1. The van der Waals surface area contributed by atoms with Crippen LogP contribution in [0.4, 0.5) is 15.9 Å². The molecule has 290 valence electrons. The van der Waals surface area contributed by atoms with E-state index in [2.05, 4.69) is 31.0 Å². The van der Waals surface area contributed by atoms with Gasteiger partial charge in [0, 0.05) is 98.7 Å². The van der Waals surface area contributed by atoms with Crippen LogP contribution in [0.1, 0.15) is 42.5 Å². The van der Waals surface area contributed by atoms with E-state index >= 15 is 4.39 Å². The smallest absolute Gasteiger partial charge is 0.258 e. The van der Waals surface area contributed by atoms with Gasteiger partial charge in [0.1, 0.15) is 17.6 Å². The van der Waals surface area contributed by atoms with E-state index in [1.165, 1.54) is 6.07 Å². The number of nitrogens with one attached hydrogen (secondary N) is 1. The Morgan fingerprint density at radius 1 is 0.860 bits per heavy atom. The van der Waals surface area contributed by atoms with Crippen molar-refractivity contribution in [2.75, 3.05) is 50.4 Å². The van der Waals surface area contributed by atoms with Gasteiger partial charge >= 0.3 is 0 Å². The lowest BCUT2D eigenvalue weighted by atomic mass is 9.94. The van der Waals surface area contributed by atoms with Gasteiger partial charge in [-0.3, -0.25) is 9.78 Å². The first kappa shape index (κ1) is 37.6. The van der Waals surface area contributed by atoms with Crippen LogP contribution in [0.2, 0.25) is 0 Å². The molecule has 0 radical (unpaired) electrons. The number of hydrogen-bond acceptors (Lipinski definition) is 10. The number of amides is 1. The number of rotatable bonds is 11. The van der Waals surface area contributed by atoms with Gasteiger partial charge < -0.3 is 30.5 Å². The van der Waals surface area contributed by atoms with Gasteiger partial charge in [-0.05, 0) is 91.5 Å². The number of nitrogens with zero attached hydrogens (tertiary/aromatic N) is 5. The van der Waals surface area contributed by atoms with Crippen LogP contribution in [-0.2, 0) is 25.7 Å². The van der Waals surface area contributed by atoms with Gasteiger partial charge in [-0.25, -0.2) is 19.0 Å². The van der Waals surface area contributed by atoms with Crippen LogP contribution in [0.5, 0.6) is 0 Å². The normalized spacial score (nSPS) is 17.3. The van der Waals surface area contributed by atoms with Crippen LogP contribution in [0.15, 0.2) is 102 Å². The molecule has 1 saturated carbocycles. The predicted octanol–water partition coefficient (Wildman–Crippen LogP) is 6.40. The Bertz CT molecular complexity index is 2340. The molecule has 8 rings (SSSR count). The number of aromatic nitrogens is 2. The highest BCUT2D eigenvalue weighted by atomic mass is 19.1. The first-order valence-corrected chi connectivity index (χ1v) is 19.4. The molecule has 1 amide bonds. The molecule has 0 unspecified atom stereocenters. The fourth-order valence-electron chi connectivity index (χ4n) is 7.69. The summed E-state index contributed by atoms with van der Waals surface area (Å²) < 4.78 is 21.4. The fourth-order valence-corrected chi connectivity index (χ4v) is 7.69. The highest BCUT2D eigenvalue weighted by Gasteiger charge is 2.31. The van der Waals surface area contributed by atoms with Gasteiger partial charge in [0.05, 0.1) is 16.8 Å². The molecule has 2 aromatic heterocycles. The molecular formula is C45H44FN7O4. The number of hydrogen-bond donors (Lipinski definition) is 2. The summed E-state index contributed by atoms with van der Waals surface area (Å²) in [5.41, 5.74) is 12.0. The van der Waals surface area contributed by atoms with Crippen molar-refractivity contribution < 1.29 is 23.5 Å². The van der Waals surface area contributed by atoms with Gasteiger partial charge in [0.25, 0.3) is 5.91 Å². The van der Waals surface area contributed by atoms with Crippen molar-refractivity contribution >= 4 is 34.9 Å². The summed E-state index contributed by atoms with van der Waals surface area (Å²) in [6.07, 6.45) is 11.1. The number of pyridine rings is 2. The predicted molar refractivity (Wildman–Crippen MR) is 217 cm³/mol. The number of nitrogen functional groups attached to an aromatic ring is 1. The molecule has 4 aliphatic rings. The molecule has 5 heterocycles. The highest BCUT2D eigenvalue weighted by Crippen LogP contribution is 2.37. The van der Waals surface area contributed by atoms with Gasteiger partial charge in [0.2, 0.25) is 0 Å². The van der Waals surface area contributed by atoms with Crippen LogP contribution in [0.3, 0.4) is 0 Å². The third-order valence-electron chi connectivity index (χ3n) is 11.1. The summed E-state index contributed by atoms with van der Waals surface area (Å²) in [6, 6.07) is 17.9. The highest BCUT2D eigenvalue weighted by molar-refractivity contribution is 6.14. The van der Waals surface area contributed by atoms with Crippen LogP contribution < -0.4 is 11.1 Å². The summed E-state index contributed by atoms with van der Waals surface area (Å²) in [4.78, 5) is 53.1. The van der Waals surface area contributed by atoms with Crippen molar-refractivity contribution in [3.63, 3.8) is 0 Å². The molecule has 3 N–H and O–H groups in total. The maximum atomic E-state index is 15.9. The number of carbonyl (C=O) groups is 1. The second-order valence-electron chi connectivity index (χ2n) is 15.3. The number of halogens is 1. The molecule has 3 aliphatic heterocycles. The summed E-state index contributed by atoms with van der Waals surface area (Å²) in [5.74, 6) is 4.77. The molecule has 3 fully saturated rings. The van der Waals surface area contributed by atoms with Crippen LogP contribution in [0.25, 0.3) is 27.8 Å². The van der Waals surface area contributed by atoms with Crippen molar-refractivity contribution in [2.24, 2.45) is 11.8 Å². The summed E-state index contributed by atoms with van der Waals surface area (Å²) in [7, 11) is 0. The molecule has 1 aliphatic carbocycles. The molecule has 4 aromatic rings.